The van der Waals surface area contributed by atoms with Gasteiger partial charge >= 0.3 is 5.69 Å². The summed E-state index contributed by atoms with van der Waals surface area (Å²) in [7, 11) is 0. The van der Waals surface area contributed by atoms with Gasteiger partial charge in [-0.05, 0) is 67.0 Å². The minimum absolute atomic E-state index is 0.0280. The van der Waals surface area contributed by atoms with Crippen LogP contribution in [0.3, 0.4) is 0 Å². The van der Waals surface area contributed by atoms with E-state index in [-0.39, 0.29) is 5.56 Å². The molecule has 32 heavy (non-hydrogen) atoms. The maximum absolute atomic E-state index is 13.4. The van der Waals surface area contributed by atoms with Crippen LogP contribution in [0, 0.1) is 13.8 Å². The van der Waals surface area contributed by atoms with Crippen LogP contribution < -0.4 is 11.2 Å². The maximum Gasteiger partial charge on any atom is 0.343 e. The predicted molar refractivity (Wildman–Crippen MR) is 128 cm³/mol. The van der Waals surface area contributed by atoms with Gasteiger partial charge in [-0.15, -0.1) is 5.73 Å². The van der Waals surface area contributed by atoms with Gasteiger partial charge in [0.25, 0.3) is 5.56 Å². The smallest absolute Gasteiger partial charge is 0.343 e. The first-order valence-electron chi connectivity index (χ1n) is 10.2. The highest BCUT2D eigenvalue weighted by molar-refractivity contribution is 5.61. The fraction of sp³-hybridized carbons (Fsp3) is 0.0741. The van der Waals surface area contributed by atoms with Crippen LogP contribution in [0.15, 0.2) is 94.2 Å². The van der Waals surface area contributed by atoms with Gasteiger partial charge in [0, 0.05) is 0 Å². The maximum atomic E-state index is 13.4. The van der Waals surface area contributed by atoms with E-state index in [1.165, 1.54) is 6.08 Å². The minimum Gasteiger partial charge on any atom is -0.494 e. The number of aromatic nitrogens is 2. The summed E-state index contributed by atoms with van der Waals surface area (Å²) in [6.07, 6.45) is 3.11. The fourth-order valence-corrected chi connectivity index (χ4v) is 3.51. The zero-order valence-corrected chi connectivity index (χ0v) is 17.8. The van der Waals surface area contributed by atoms with Crippen molar-refractivity contribution in [3.8, 4) is 17.3 Å². The van der Waals surface area contributed by atoms with Crippen molar-refractivity contribution in [1.29, 1.82) is 0 Å². The molecule has 0 saturated carbocycles. The molecule has 4 aromatic rings. The molecular weight excluding hydrogens is 400 g/mol. The molecule has 1 N–H and O–H groups in total. The molecule has 0 bridgehead atoms. The Balaban J connectivity index is 2.02. The van der Waals surface area contributed by atoms with E-state index in [2.05, 4.69) is 5.73 Å². The second-order valence-corrected chi connectivity index (χ2v) is 7.54. The van der Waals surface area contributed by atoms with Gasteiger partial charge in [-0.1, -0.05) is 54.6 Å². The lowest BCUT2D eigenvalue weighted by Gasteiger charge is -2.15. The van der Waals surface area contributed by atoms with Crippen molar-refractivity contribution in [3.05, 3.63) is 128 Å². The van der Waals surface area contributed by atoms with Crippen LogP contribution in [0.4, 0.5) is 0 Å². The van der Waals surface area contributed by atoms with Crippen LogP contribution in [0.5, 0.6) is 5.88 Å². The molecule has 0 fully saturated rings. The number of nitrogens with zero attached hydrogens (tertiary/aromatic N) is 2. The van der Waals surface area contributed by atoms with Gasteiger partial charge in [-0.3, -0.25) is 4.79 Å². The molecule has 0 aliphatic carbocycles. The molecule has 0 spiro atoms. The van der Waals surface area contributed by atoms with Gasteiger partial charge < -0.3 is 5.11 Å². The Morgan fingerprint density at radius 2 is 1.34 bits per heavy atom. The van der Waals surface area contributed by atoms with Crippen molar-refractivity contribution >= 4 is 12.2 Å². The molecule has 0 aliphatic rings. The van der Waals surface area contributed by atoms with Crippen LogP contribution in [0.2, 0.25) is 0 Å². The summed E-state index contributed by atoms with van der Waals surface area (Å²) >= 11 is 0. The summed E-state index contributed by atoms with van der Waals surface area (Å²) in [6.45, 7) is 3.78. The first kappa shape index (κ1) is 20.9. The quantitative estimate of drug-likeness (QED) is 0.488. The lowest BCUT2D eigenvalue weighted by molar-refractivity contribution is 0.426. The Kier molecular flexibility index (Phi) is 5.75. The SMILES string of the molecule is Cc1cccc(-n2c(O)c(C=C=Cc3ccccc3)c(=O)n(-c3cccc(C)c3)c2=O)c1. The Morgan fingerprint density at radius 1 is 0.750 bits per heavy atom. The van der Waals surface area contributed by atoms with E-state index in [1.54, 1.807) is 42.5 Å². The number of aryl methyl sites for hydroxylation is 2. The van der Waals surface area contributed by atoms with Crippen LogP contribution in [0.25, 0.3) is 23.5 Å². The number of hydrogen-bond acceptors (Lipinski definition) is 3. The van der Waals surface area contributed by atoms with Crippen LogP contribution in [-0.2, 0) is 0 Å². The lowest BCUT2D eigenvalue weighted by atomic mass is 10.2. The van der Waals surface area contributed by atoms with E-state index >= 15 is 0 Å². The minimum atomic E-state index is -0.645. The normalized spacial score (nSPS) is 10.4. The molecule has 5 nitrogen and oxygen atoms in total. The molecule has 4 rings (SSSR count). The molecule has 1 aromatic heterocycles. The Hall–Kier alpha value is -4.34. The number of hydrogen-bond donors (Lipinski definition) is 1. The number of benzene rings is 3. The summed E-state index contributed by atoms with van der Waals surface area (Å²) < 4.78 is 2.22. The van der Waals surface area contributed by atoms with E-state index in [4.69, 9.17) is 0 Å². The molecule has 3 aromatic carbocycles. The highest BCUT2D eigenvalue weighted by Crippen LogP contribution is 2.20. The summed E-state index contributed by atoms with van der Waals surface area (Å²) in [6, 6.07) is 23.8. The van der Waals surface area contributed by atoms with E-state index in [9.17, 15) is 14.7 Å². The average Bonchev–Trinajstić information content (AvgIpc) is 2.77. The van der Waals surface area contributed by atoms with Gasteiger partial charge in [-0.25, -0.2) is 13.9 Å². The Bertz CT molecular complexity index is 1470. The summed E-state index contributed by atoms with van der Waals surface area (Å²) in [5.74, 6) is -0.427. The van der Waals surface area contributed by atoms with Crippen LogP contribution in [0.1, 0.15) is 22.3 Å². The van der Waals surface area contributed by atoms with Crippen LogP contribution >= 0.6 is 0 Å². The fourth-order valence-electron chi connectivity index (χ4n) is 3.51. The van der Waals surface area contributed by atoms with Gasteiger partial charge in [-0.2, -0.15) is 0 Å². The third-order valence-corrected chi connectivity index (χ3v) is 5.07. The number of aromatic hydroxyl groups is 1. The molecule has 0 unspecified atom stereocenters. The van der Waals surface area contributed by atoms with Crippen LogP contribution in [-0.4, -0.2) is 14.2 Å². The van der Waals surface area contributed by atoms with E-state index in [0.29, 0.717) is 11.4 Å². The Labute approximate surface area is 185 Å². The zero-order chi connectivity index (χ0) is 22.7. The summed E-state index contributed by atoms with van der Waals surface area (Å²) in [4.78, 5) is 26.7. The molecule has 5 heteroatoms. The van der Waals surface area contributed by atoms with E-state index in [0.717, 1.165) is 25.8 Å². The third kappa shape index (κ3) is 4.10. The van der Waals surface area contributed by atoms with E-state index in [1.807, 2.05) is 56.3 Å². The largest absolute Gasteiger partial charge is 0.494 e. The second kappa shape index (κ2) is 8.80. The van der Waals surface area contributed by atoms with Gasteiger partial charge in [0.1, 0.15) is 5.56 Å². The Morgan fingerprint density at radius 3 is 1.94 bits per heavy atom. The molecular formula is C27H22N2O3. The lowest BCUT2D eigenvalue weighted by Crippen LogP contribution is -2.39. The average molecular weight is 422 g/mol. The monoisotopic (exact) mass is 422 g/mol. The van der Waals surface area contributed by atoms with E-state index < -0.39 is 17.1 Å². The van der Waals surface area contributed by atoms with Crippen molar-refractivity contribution in [1.82, 2.24) is 9.13 Å². The summed E-state index contributed by atoms with van der Waals surface area (Å²) in [5, 5.41) is 11.0. The summed E-state index contributed by atoms with van der Waals surface area (Å²) in [5.41, 5.74) is 5.30. The van der Waals surface area contributed by atoms with Crippen molar-refractivity contribution in [3.63, 3.8) is 0 Å². The highest BCUT2D eigenvalue weighted by Gasteiger charge is 2.19. The second-order valence-electron chi connectivity index (χ2n) is 7.54. The standard InChI is InChI=1S/C27H22N2O3/c1-19-9-6-14-22(17-19)28-25(30)24(16-8-13-21-11-4-3-5-12-21)26(31)29(27(28)32)23-15-7-10-20(2)18-23/h3-7,9-18,30H,1-2H3. The first-order chi connectivity index (χ1) is 15.5. The molecule has 0 aliphatic heterocycles. The zero-order valence-electron chi connectivity index (χ0n) is 17.8. The highest BCUT2D eigenvalue weighted by atomic mass is 16.3. The molecule has 0 saturated heterocycles. The van der Waals surface area contributed by atoms with Gasteiger partial charge in [0.2, 0.25) is 5.88 Å². The number of rotatable bonds is 4. The topological polar surface area (TPSA) is 64.2 Å². The van der Waals surface area contributed by atoms with Gasteiger partial charge in [0.05, 0.1) is 11.4 Å². The molecule has 0 amide bonds. The first-order valence-corrected chi connectivity index (χ1v) is 10.2. The molecule has 0 radical (unpaired) electrons. The van der Waals surface area contributed by atoms with Crippen molar-refractivity contribution in [2.75, 3.05) is 0 Å². The van der Waals surface area contributed by atoms with Crippen molar-refractivity contribution in [2.45, 2.75) is 13.8 Å². The van der Waals surface area contributed by atoms with Crippen molar-refractivity contribution in [2.24, 2.45) is 0 Å². The molecule has 1 heterocycles. The predicted octanol–water partition coefficient (Wildman–Crippen LogP) is 4.64. The van der Waals surface area contributed by atoms with Crippen molar-refractivity contribution < 1.29 is 5.11 Å². The molecule has 158 valence electrons. The third-order valence-electron chi connectivity index (χ3n) is 5.07. The molecule has 0 atom stereocenters. The van der Waals surface area contributed by atoms with Gasteiger partial charge in [0.15, 0.2) is 0 Å².